The molecule has 0 bridgehead atoms. The van der Waals surface area contributed by atoms with Gasteiger partial charge in [-0.3, -0.25) is 0 Å². The Hall–Kier alpha value is -1.40. The van der Waals surface area contributed by atoms with E-state index >= 15 is 0 Å². The van der Waals surface area contributed by atoms with Crippen molar-refractivity contribution in [3.05, 3.63) is 41.7 Å². The monoisotopic (exact) mass is 324 g/mol. The van der Waals surface area contributed by atoms with E-state index in [1.807, 2.05) is 30.3 Å². The summed E-state index contributed by atoms with van der Waals surface area (Å²) in [5, 5.41) is 2.17. The molecule has 1 aliphatic carbocycles. The number of sulfone groups is 1. The Morgan fingerprint density at radius 2 is 2.00 bits per heavy atom. The summed E-state index contributed by atoms with van der Waals surface area (Å²) in [4.78, 5) is 4.10. The Balaban J connectivity index is 1.82. The summed E-state index contributed by atoms with van der Waals surface area (Å²) >= 11 is 6.25. The van der Waals surface area contributed by atoms with Gasteiger partial charge in [-0.15, -0.1) is 16.7 Å². The summed E-state index contributed by atoms with van der Waals surface area (Å²) in [6.07, 6.45) is 1.63. The quantitative estimate of drug-likeness (QED) is 0.814. The molecule has 1 saturated carbocycles. The van der Waals surface area contributed by atoms with Crippen LogP contribution in [0.2, 0.25) is 0 Å². The topological polar surface area (TPSA) is 64.8 Å². The zero-order valence-electron chi connectivity index (χ0n) is 12.1. The average Bonchev–Trinajstić information content (AvgIpc) is 3.19. The van der Waals surface area contributed by atoms with Crippen molar-refractivity contribution in [3.8, 4) is 0 Å². The number of hydrogen-bond acceptors (Lipinski definition) is 4. The van der Waals surface area contributed by atoms with Gasteiger partial charge >= 0.3 is 0 Å². The highest BCUT2D eigenvalue weighted by Gasteiger charge is 2.42. The van der Waals surface area contributed by atoms with E-state index in [4.69, 9.17) is 13.0 Å². The first-order valence-electron chi connectivity index (χ1n) is 7.34. The van der Waals surface area contributed by atoms with Crippen LogP contribution in [0.5, 0.6) is 0 Å². The van der Waals surface area contributed by atoms with Crippen LogP contribution < -0.4 is 0 Å². The van der Waals surface area contributed by atoms with Crippen molar-refractivity contribution in [1.29, 1.82) is 0 Å². The zero-order valence-corrected chi connectivity index (χ0v) is 12.7. The Labute approximate surface area is 129 Å². The molecule has 1 aliphatic heterocycles. The molecule has 1 aromatic heterocycles. The van der Waals surface area contributed by atoms with E-state index in [-0.39, 0.29) is 22.3 Å². The number of fused-ring (bicyclic) bond motifs is 1. The van der Waals surface area contributed by atoms with Gasteiger partial charge in [0.05, 0.1) is 18.0 Å². The lowest BCUT2D eigenvalue weighted by molar-refractivity contribution is 0.531. The normalized spacial score (nSPS) is 29.2. The second-order valence-corrected chi connectivity index (χ2v) is 8.02. The van der Waals surface area contributed by atoms with E-state index in [2.05, 4.69) is 10.1 Å². The number of benzene rings is 1. The first kappa shape index (κ1) is 12.2. The van der Waals surface area contributed by atoms with Gasteiger partial charge in [0, 0.05) is 0 Å². The SMILES string of the molecule is [2H]C1(Cl)CC(c2ccccc2)n2nc(S(=O)(=O)C3CC3)nc21. The largest absolute Gasteiger partial charge is 0.267 e. The van der Waals surface area contributed by atoms with Crippen molar-refractivity contribution >= 4 is 21.4 Å². The van der Waals surface area contributed by atoms with Gasteiger partial charge in [0.15, 0.2) is 0 Å². The molecule has 0 spiro atoms. The molecule has 2 aliphatic rings. The molecular weight excluding hydrogens is 310 g/mol. The summed E-state index contributed by atoms with van der Waals surface area (Å²) in [5.74, 6) is 0.210. The molecule has 2 unspecified atom stereocenters. The number of alkyl halides is 1. The second-order valence-electron chi connectivity index (χ2n) is 5.44. The van der Waals surface area contributed by atoms with Gasteiger partial charge < -0.3 is 0 Å². The minimum Gasteiger partial charge on any atom is -0.240 e. The van der Waals surface area contributed by atoms with Crippen LogP contribution in [0.4, 0.5) is 0 Å². The first-order chi connectivity index (χ1) is 10.4. The van der Waals surface area contributed by atoms with Gasteiger partial charge in [0.1, 0.15) is 5.82 Å². The van der Waals surface area contributed by atoms with E-state index in [1.165, 1.54) is 4.68 Å². The lowest BCUT2D eigenvalue weighted by Gasteiger charge is -2.11. The van der Waals surface area contributed by atoms with Gasteiger partial charge in [-0.25, -0.2) is 18.1 Å². The van der Waals surface area contributed by atoms with Crippen LogP contribution >= 0.6 is 11.6 Å². The van der Waals surface area contributed by atoms with Crippen molar-refractivity contribution in [1.82, 2.24) is 14.8 Å². The number of rotatable bonds is 3. The fourth-order valence-electron chi connectivity index (χ4n) is 2.64. The summed E-state index contributed by atoms with van der Waals surface area (Å²) in [6.45, 7) is 0. The molecule has 21 heavy (non-hydrogen) atoms. The fourth-order valence-corrected chi connectivity index (χ4v) is 4.38. The third kappa shape index (κ3) is 2.08. The summed E-state index contributed by atoms with van der Waals surface area (Å²) in [6, 6.07) is 9.27. The van der Waals surface area contributed by atoms with Gasteiger partial charge in [0.25, 0.3) is 5.16 Å². The van der Waals surface area contributed by atoms with Crippen LogP contribution in [0.25, 0.3) is 0 Å². The van der Waals surface area contributed by atoms with Crippen LogP contribution in [-0.2, 0) is 9.84 Å². The minimum atomic E-state index is -3.48. The van der Waals surface area contributed by atoms with Gasteiger partial charge in [-0.05, 0) is 24.8 Å². The molecule has 0 N–H and O–H groups in total. The smallest absolute Gasteiger partial charge is 0.240 e. The molecule has 7 heteroatoms. The molecule has 2 heterocycles. The first-order valence-corrected chi connectivity index (χ1v) is 8.77. The molecule has 2 atom stereocenters. The summed E-state index contributed by atoms with van der Waals surface area (Å²) in [7, 11) is -3.48. The lowest BCUT2D eigenvalue weighted by Crippen LogP contribution is -2.12. The lowest BCUT2D eigenvalue weighted by atomic mass is 10.1. The van der Waals surface area contributed by atoms with Crippen molar-refractivity contribution in [2.75, 3.05) is 0 Å². The van der Waals surface area contributed by atoms with E-state index in [0.29, 0.717) is 19.3 Å². The molecule has 1 aromatic carbocycles. The van der Waals surface area contributed by atoms with Crippen LogP contribution in [0.15, 0.2) is 35.5 Å². The van der Waals surface area contributed by atoms with Crippen molar-refractivity contribution in [2.45, 2.75) is 41.1 Å². The predicted octanol–water partition coefficient (Wildman–Crippen LogP) is 2.49. The molecule has 0 saturated heterocycles. The molecule has 1 fully saturated rings. The maximum atomic E-state index is 12.3. The Morgan fingerprint density at radius 1 is 1.29 bits per heavy atom. The standard InChI is InChI=1S/C14H14ClN3O2S/c15-11-8-12(9-4-2-1-3-5-9)18-13(11)16-14(17-18)21(19,20)10-6-7-10/h1-5,10-12H,6-8H2/i11D. The predicted molar refractivity (Wildman–Crippen MR) is 78.0 cm³/mol. The minimum absolute atomic E-state index is 0.192. The number of aromatic nitrogens is 3. The van der Waals surface area contributed by atoms with Crippen molar-refractivity contribution in [2.24, 2.45) is 0 Å². The number of halogens is 1. The van der Waals surface area contributed by atoms with Crippen LogP contribution in [0.1, 0.15) is 43.4 Å². The van der Waals surface area contributed by atoms with E-state index in [0.717, 1.165) is 5.56 Å². The Morgan fingerprint density at radius 3 is 2.67 bits per heavy atom. The summed E-state index contributed by atoms with van der Waals surface area (Å²) in [5.41, 5.74) is 0.943. The van der Waals surface area contributed by atoms with Crippen molar-refractivity contribution in [3.63, 3.8) is 0 Å². The zero-order chi connectivity index (χ0) is 15.5. The van der Waals surface area contributed by atoms with Gasteiger partial charge in [0.2, 0.25) is 9.84 Å². The molecule has 0 amide bonds. The molecular formula is C14H14ClN3O2S. The van der Waals surface area contributed by atoms with E-state index in [9.17, 15) is 8.42 Å². The van der Waals surface area contributed by atoms with Crippen LogP contribution in [-0.4, -0.2) is 28.4 Å². The number of hydrogen-bond donors (Lipinski definition) is 0. The highest BCUT2D eigenvalue weighted by atomic mass is 35.5. The molecule has 110 valence electrons. The maximum Gasteiger partial charge on any atom is 0.267 e. The Kier molecular flexibility index (Phi) is 2.64. The number of nitrogens with zero attached hydrogens (tertiary/aromatic N) is 3. The molecule has 5 nitrogen and oxygen atoms in total. The third-order valence-electron chi connectivity index (χ3n) is 3.92. The molecule has 0 radical (unpaired) electrons. The van der Waals surface area contributed by atoms with Gasteiger partial charge in [-0.2, -0.15) is 0 Å². The average molecular weight is 325 g/mol. The summed E-state index contributed by atoms with van der Waals surface area (Å²) < 4.78 is 34.4. The van der Waals surface area contributed by atoms with E-state index < -0.39 is 15.2 Å². The van der Waals surface area contributed by atoms with E-state index in [1.54, 1.807) is 0 Å². The Bertz CT molecular complexity index is 831. The third-order valence-corrected chi connectivity index (χ3v) is 6.28. The van der Waals surface area contributed by atoms with Crippen molar-refractivity contribution < 1.29 is 9.79 Å². The van der Waals surface area contributed by atoms with Crippen LogP contribution in [0, 0.1) is 0 Å². The van der Waals surface area contributed by atoms with Crippen LogP contribution in [0.3, 0.4) is 0 Å². The maximum absolute atomic E-state index is 12.3. The highest BCUT2D eigenvalue weighted by Crippen LogP contribution is 2.42. The molecule has 2 aromatic rings. The second kappa shape index (κ2) is 4.55. The highest BCUT2D eigenvalue weighted by molar-refractivity contribution is 7.92. The van der Waals surface area contributed by atoms with Gasteiger partial charge in [-0.1, -0.05) is 30.3 Å². The molecule has 4 rings (SSSR count). The fraction of sp³-hybridized carbons (Fsp3) is 0.429.